The summed E-state index contributed by atoms with van der Waals surface area (Å²) in [5.41, 5.74) is 0.824. The third kappa shape index (κ3) is 2.65. The van der Waals surface area contributed by atoms with Crippen molar-refractivity contribution in [1.29, 1.82) is 0 Å². The van der Waals surface area contributed by atoms with Crippen LogP contribution in [0.1, 0.15) is 10.4 Å². The highest BCUT2D eigenvalue weighted by atomic mass is 32.1. The Morgan fingerprint density at radius 3 is 2.81 bits per heavy atom. The van der Waals surface area contributed by atoms with Crippen molar-refractivity contribution in [2.45, 2.75) is 6.54 Å². The number of benzene rings is 2. The molecule has 0 radical (unpaired) electrons. The summed E-state index contributed by atoms with van der Waals surface area (Å²) in [6.07, 6.45) is 6.61. The average Bonchev–Trinajstić information content (AvgIpc) is 3.00. The molecular formula is C20H12N2O3S. The number of thiazole rings is 1. The molecule has 0 unspecified atom stereocenters. The number of rotatable bonds is 2. The first-order valence-electron chi connectivity index (χ1n) is 7.80. The summed E-state index contributed by atoms with van der Waals surface area (Å²) in [5.74, 6) is 1.92. The van der Waals surface area contributed by atoms with E-state index < -0.39 is 11.3 Å². The van der Waals surface area contributed by atoms with Gasteiger partial charge in [0, 0.05) is 0 Å². The Labute approximate surface area is 151 Å². The Hall–Kier alpha value is -3.43. The number of nitrogens with zero attached hydrogens (tertiary/aromatic N) is 2. The SMILES string of the molecule is C#CCn1c(=NC(=O)c2coc3ccccc3c2=O)sc2ccccc21. The smallest absolute Gasteiger partial charge is 0.286 e. The lowest BCUT2D eigenvalue weighted by Crippen LogP contribution is -2.19. The van der Waals surface area contributed by atoms with Crippen LogP contribution in [0.15, 0.2) is 69.0 Å². The quantitative estimate of drug-likeness (QED) is 0.516. The summed E-state index contributed by atoms with van der Waals surface area (Å²) in [5, 5.41) is 0.349. The Balaban J connectivity index is 1.90. The molecule has 5 nitrogen and oxygen atoms in total. The Morgan fingerprint density at radius 1 is 1.19 bits per heavy atom. The predicted molar refractivity (Wildman–Crippen MR) is 101 cm³/mol. The Kier molecular flexibility index (Phi) is 3.99. The average molecular weight is 360 g/mol. The molecule has 0 saturated carbocycles. The third-order valence-corrected chi connectivity index (χ3v) is 5.00. The maximum atomic E-state index is 12.6. The molecule has 4 aromatic rings. The minimum Gasteiger partial charge on any atom is -0.463 e. The van der Waals surface area contributed by atoms with Gasteiger partial charge in [-0.3, -0.25) is 9.59 Å². The highest BCUT2D eigenvalue weighted by molar-refractivity contribution is 7.16. The molecule has 0 atom stereocenters. The number of amides is 1. The van der Waals surface area contributed by atoms with Gasteiger partial charge in [0.2, 0.25) is 5.43 Å². The van der Waals surface area contributed by atoms with E-state index in [-0.39, 0.29) is 12.1 Å². The third-order valence-electron chi connectivity index (χ3n) is 3.95. The zero-order valence-electron chi connectivity index (χ0n) is 13.5. The molecule has 2 aromatic heterocycles. The van der Waals surface area contributed by atoms with Gasteiger partial charge < -0.3 is 8.98 Å². The highest BCUT2D eigenvalue weighted by Crippen LogP contribution is 2.17. The fourth-order valence-electron chi connectivity index (χ4n) is 2.72. The lowest BCUT2D eigenvalue weighted by atomic mass is 10.2. The van der Waals surface area contributed by atoms with E-state index >= 15 is 0 Å². The van der Waals surface area contributed by atoms with Crippen molar-refractivity contribution >= 4 is 38.4 Å². The topological polar surface area (TPSA) is 64.6 Å². The Morgan fingerprint density at radius 2 is 1.96 bits per heavy atom. The van der Waals surface area contributed by atoms with Crippen LogP contribution in [0.4, 0.5) is 0 Å². The first-order valence-corrected chi connectivity index (χ1v) is 8.62. The van der Waals surface area contributed by atoms with Gasteiger partial charge in [0.1, 0.15) is 17.4 Å². The van der Waals surface area contributed by atoms with E-state index in [1.807, 2.05) is 24.3 Å². The molecule has 0 fully saturated rings. The normalized spacial score (nSPS) is 11.7. The van der Waals surface area contributed by atoms with Gasteiger partial charge in [-0.2, -0.15) is 4.99 Å². The van der Waals surface area contributed by atoms with Crippen LogP contribution >= 0.6 is 11.3 Å². The largest absolute Gasteiger partial charge is 0.463 e. The summed E-state index contributed by atoms with van der Waals surface area (Å²) in [6.45, 7) is 0.280. The second kappa shape index (κ2) is 6.47. The van der Waals surface area contributed by atoms with E-state index in [1.54, 1.807) is 28.8 Å². The van der Waals surface area contributed by atoms with Crippen LogP contribution in [0.25, 0.3) is 21.2 Å². The van der Waals surface area contributed by atoms with Crippen molar-refractivity contribution in [2.75, 3.05) is 0 Å². The van der Waals surface area contributed by atoms with Crippen molar-refractivity contribution in [3.05, 3.63) is 75.4 Å². The number of carbonyl (C=O) groups is 1. The van der Waals surface area contributed by atoms with Gasteiger partial charge in [-0.25, -0.2) is 0 Å². The molecule has 2 heterocycles. The number of hydrogen-bond donors (Lipinski definition) is 0. The van der Waals surface area contributed by atoms with E-state index in [2.05, 4.69) is 10.9 Å². The number of aromatic nitrogens is 1. The second-order valence-corrected chi connectivity index (χ2v) is 6.54. The monoisotopic (exact) mass is 360 g/mol. The van der Waals surface area contributed by atoms with E-state index in [4.69, 9.17) is 10.8 Å². The van der Waals surface area contributed by atoms with Gasteiger partial charge in [0.15, 0.2) is 4.80 Å². The standard InChI is InChI=1S/C20H12N2O3S/c1-2-11-22-15-8-4-6-10-17(15)26-20(22)21-19(24)14-12-25-16-9-5-3-7-13(16)18(14)23/h1,3-10,12H,11H2. The molecule has 6 heteroatoms. The van der Waals surface area contributed by atoms with Crippen LogP contribution in [0, 0.1) is 12.3 Å². The number of para-hydroxylation sites is 2. The zero-order valence-corrected chi connectivity index (χ0v) is 14.3. The summed E-state index contributed by atoms with van der Waals surface area (Å²) in [6, 6.07) is 14.4. The summed E-state index contributed by atoms with van der Waals surface area (Å²) in [7, 11) is 0. The van der Waals surface area contributed by atoms with Crippen LogP contribution in [0.5, 0.6) is 0 Å². The van der Waals surface area contributed by atoms with Gasteiger partial charge in [0.05, 0.1) is 22.1 Å². The molecule has 0 aliphatic heterocycles. The van der Waals surface area contributed by atoms with Crippen molar-refractivity contribution in [3.63, 3.8) is 0 Å². The first kappa shape index (κ1) is 16.1. The van der Waals surface area contributed by atoms with E-state index in [0.29, 0.717) is 15.8 Å². The molecule has 126 valence electrons. The van der Waals surface area contributed by atoms with Crippen molar-refractivity contribution in [1.82, 2.24) is 4.57 Å². The van der Waals surface area contributed by atoms with Crippen molar-refractivity contribution in [2.24, 2.45) is 4.99 Å². The molecule has 0 N–H and O–H groups in total. The van der Waals surface area contributed by atoms with Crippen LogP contribution in [0.2, 0.25) is 0 Å². The number of fused-ring (bicyclic) bond motifs is 2. The molecule has 26 heavy (non-hydrogen) atoms. The summed E-state index contributed by atoms with van der Waals surface area (Å²) >= 11 is 1.34. The maximum absolute atomic E-state index is 12.6. The predicted octanol–water partition coefficient (Wildman–Crippen LogP) is 3.18. The molecule has 2 aromatic carbocycles. The number of terminal acetylenes is 1. The van der Waals surface area contributed by atoms with Gasteiger partial charge >= 0.3 is 0 Å². The summed E-state index contributed by atoms with van der Waals surface area (Å²) in [4.78, 5) is 29.8. The molecule has 1 amide bonds. The van der Waals surface area contributed by atoms with Crippen LogP contribution in [-0.2, 0) is 6.54 Å². The molecule has 0 spiro atoms. The van der Waals surface area contributed by atoms with Gasteiger partial charge in [-0.1, -0.05) is 41.5 Å². The van der Waals surface area contributed by atoms with Crippen LogP contribution in [-0.4, -0.2) is 10.5 Å². The molecule has 0 saturated heterocycles. The van der Waals surface area contributed by atoms with Crippen molar-refractivity contribution < 1.29 is 9.21 Å². The van der Waals surface area contributed by atoms with Crippen LogP contribution < -0.4 is 10.2 Å². The molecule has 0 aliphatic carbocycles. The summed E-state index contributed by atoms with van der Waals surface area (Å²) < 4.78 is 8.14. The van der Waals surface area contributed by atoms with E-state index in [9.17, 15) is 9.59 Å². The fraction of sp³-hybridized carbons (Fsp3) is 0.0500. The minimum absolute atomic E-state index is 0.103. The first-order chi connectivity index (χ1) is 12.7. The number of hydrogen-bond acceptors (Lipinski definition) is 4. The lowest BCUT2D eigenvalue weighted by molar-refractivity contribution is 0.0995. The highest BCUT2D eigenvalue weighted by Gasteiger charge is 2.14. The van der Waals surface area contributed by atoms with Gasteiger partial charge in [0.25, 0.3) is 5.91 Å². The van der Waals surface area contributed by atoms with Crippen LogP contribution in [0.3, 0.4) is 0 Å². The molecule has 4 rings (SSSR count). The molecule has 0 aliphatic rings. The van der Waals surface area contributed by atoms with E-state index in [0.717, 1.165) is 16.5 Å². The van der Waals surface area contributed by atoms with E-state index in [1.165, 1.54) is 11.3 Å². The molecule has 0 bridgehead atoms. The minimum atomic E-state index is -0.651. The zero-order chi connectivity index (χ0) is 18.1. The lowest BCUT2D eigenvalue weighted by Gasteiger charge is -2.00. The molecular weight excluding hydrogens is 348 g/mol. The maximum Gasteiger partial charge on any atom is 0.286 e. The van der Waals surface area contributed by atoms with Crippen molar-refractivity contribution in [3.8, 4) is 12.3 Å². The number of carbonyl (C=O) groups excluding carboxylic acids is 1. The second-order valence-electron chi connectivity index (χ2n) is 5.53. The fourth-order valence-corrected chi connectivity index (χ4v) is 3.75. The van der Waals surface area contributed by atoms with Gasteiger partial charge in [-0.05, 0) is 24.3 Å². The Bertz CT molecular complexity index is 1320. The van der Waals surface area contributed by atoms with Gasteiger partial charge in [-0.15, -0.1) is 6.42 Å².